The number of ether oxygens (including phenoxy) is 1. The van der Waals surface area contributed by atoms with Gasteiger partial charge in [-0.25, -0.2) is 9.97 Å². The summed E-state index contributed by atoms with van der Waals surface area (Å²) in [7, 11) is 1.55. The van der Waals surface area contributed by atoms with Crippen LogP contribution >= 0.6 is 23.2 Å². The van der Waals surface area contributed by atoms with Gasteiger partial charge in [0.05, 0.1) is 24.2 Å². The lowest BCUT2D eigenvalue weighted by molar-refractivity contribution is -0.132. The Labute approximate surface area is 225 Å². The number of hydrogen-bond acceptors (Lipinski definition) is 7. The number of halogens is 2. The number of benzene rings is 1. The summed E-state index contributed by atoms with van der Waals surface area (Å²) in [6.45, 7) is 5.14. The van der Waals surface area contributed by atoms with Crippen LogP contribution in [0.4, 0.5) is 5.82 Å². The highest BCUT2D eigenvalue weighted by molar-refractivity contribution is 6.32. The monoisotopic (exact) mass is 545 g/mol. The highest BCUT2D eigenvalue weighted by Crippen LogP contribution is 2.28. The lowest BCUT2D eigenvalue weighted by Gasteiger charge is -2.42. The molecule has 3 heterocycles. The molecule has 1 saturated heterocycles. The van der Waals surface area contributed by atoms with E-state index in [0.717, 1.165) is 5.56 Å². The van der Waals surface area contributed by atoms with Crippen LogP contribution in [0.15, 0.2) is 43.0 Å². The van der Waals surface area contributed by atoms with Crippen molar-refractivity contribution in [2.75, 3.05) is 31.6 Å². The standard InChI is InChI=1S/C25H29Cl2N7O3/c1-4-24(36)32-9-10-34(22-13-21(27)30-25(31-22)33-8-7-28-15-33)18(14-32)12-23(35)29-16(2)17-5-6-20(37-3)19(26)11-17/h5-8,11,13,15-16,18H,4,9-10,12,14H2,1-3H3,(H,29,35). The Morgan fingerprint density at radius 1 is 1.22 bits per heavy atom. The zero-order valence-corrected chi connectivity index (χ0v) is 22.4. The quantitative estimate of drug-likeness (QED) is 0.430. The van der Waals surface area contributed by atoms with Gasteiger partial charge in [0.25, 0.3) is 0 Å². The summed E-state index contributed by atoms with van der Waals surface area (Å²) in [5, 5.41) is 3.79. The number of nitrogens with one attached hydrogen (secondary N) is 1. The normalized spacial score (nSPS) is 16.4. The highest BCUT2D eigenvalue weighted by atomic mass is 35.5. The van der Waals surface area contributed by atoms with Gasteiger partial charge in [-0.15, -0.1) is 0 Å². The molecule has 196 valence electrons. The number of piperazine rings is 1. The Balaban J connectivity index is 1.54. The van der Waals surface area contributed by atoms with Crippen LogP contribution in [0.5, 0.6) is 5.75 Å². The number of anilines is 1. The fourth-order valence-corrected chi connectivity index (χ4v) is 4.80. The van der Waals surface area contributed by atoms with Gasteiger partial charge in [0.1, 0.15) is 23.0 Å². The van der Waals surface area contributed by atoms with E-state index in [1.807, 2.05) is 24.8 Å². The van der Waals surface area contributed by atoms with Crippen molar-refractivity contribution >= 4 is 40.8 Å². The third-order valence-electron chi connectivity index (χ3n) is 6.31. The van der Waals surface area contributed by atoms with Crippen molar-refractivity contribution in [3.8, 4) is 11.7 Å². The molecule has 1 fully saturated rings. The summed E-state index contributed by atoms with van der Waals surface area (Å²) in [6.07, 6.45) is 5.50. The second-order valence-electron chi connectivity index (χ2n) is 8.75. The van der Waals surface area contributed by atoms with E-state index in [4.69, 9.17) is 27.9 Å². The first-order chi connectivity index (χ1) is 17.8. The van der Waals surface area contributed by atoms with Crippen molar-refractivity contribution in [1.82, 2.24) is 29.7 Å². The first-order valence-corrected chi connectivity index (χ1v) is 12.7. The first-order valence-electron chi connectivity index (χ1n) is 12.0. The third kappa shape index (κ3) is 6.31. The second-order valence-corrected chi connectivity index (χ2v) is 9.54. The van der Waals surface area contributed by atoms with Crippen molar-refractivity contribution in [1.29, 1.82) is 0 Å². The molecule has 2 aromatic heterocycles. The number of imidazole rings is 1. The Bertz CT molecular complexity index is 1260. The highest BCUT2D eigenvalue weighted by Gasteiger charge is 2.32. The van der Waals surface area contributed by atoms with Crippen LogP contribution in [0.1, 0.15) is 38.3 Å². The molecule has 10 nitrogen and oxygen atoms in total. The number of methoxy groups -OCH3 is 1. The van der Waals surface area contributed by atoms with Gasteiger partial charge in [0.15, 0.2) is 0 Å². The average Bonchev–Trinajstić information content (AvgIpc) is 3.43. The van der Waals surface area contributed by atoms with Crippen LogP contribution in [0.25, 0.3) is 5.95 Å². The third-order valence-corrected chi connectivity index (χ3v) is 6.80. The smallest absolute Gasteiger partial charge is 0.238 e. The second kappa shape index (κ2) is 11.8. The Hall–Kier alpha value is -3.37. The van der Waals surface area contributed by atoms with E-state index in [1.165, 1.54) is 0 Å². The van der Waals surface area contributed by atoms with E-state index in [2.05, 4.69) is 20.3 Å². The number of carbonyl (C=O) groups is 2. The van der Waals surface area contributed by atoms with Crippen LogP contribution in [0.3, 0.4) is 0 Å². The molecule has 2 atom stereocenters. The van der Waals surface area contributed by atoms with Gasteiger partial charge in [-0.05, 0) is 24.6 Å². The van der Waals surface area contributed by atoms with Crippen LogP contribution in [-0.4, -0.2) is 69.0 Å². The molecule has 1 aromatic carbocycles. The van der Waals surface area contributed by atoms with Crippen LogP contribution in [-0.2, 0) is 9.59 Å². The first kappa shape index (κ1) is 26.7. The van der Waals surface area contributed by atoms with Gasteiger partial charge in [0, 0.05) is 50.9 Å². The molecule has 3 aromatic rings. The Kier molecular flexibility index (Phi) is 8.50. The zero-order chi connectivity index (χ0) is 26.5. The molecule has 0 aliphatic carbocycles. The fourth-order valence-electron chi connectivity index (χ4n) is 4.37. The van der Waals surface area contributed by atoms with Gasteiger partial charge < -0.3 is 19.9 Å². The topological polar surface area (TPSA) is 105 Å². The molecular weight excluding hydrogens is 517 g/mol. The van der Waals surface area contributed by atoms with E-state index in [0.29, 0.717) is 48.6 Å². The molecular formula is C25H29Cl2N7O3. The number of aromatic nitrogens is 4. The Morgan fingerprint density at radius 2 is 2.03 bits per heavy atom. The molecule has 2 amide bonds. The number of carbonyl (C=O) groups excluding carboxylic acids is 2. The minimum Gasteiger partial charge on any atom is -0.495 e. The zero-order valence-electron chi connectivity index (χ0n) is 20.9. The van der Waals surface area contributed by atoms with Gasteiger partial charge in [-0.1, -0.05) is 36.2 Å². The lowest BCUT2D eigenvalue weighted by atomic mass is 10.1. The molecule has 12 heteroatoms. The average molecular weight is 546 g/mol. The SMILES string of the molecule is CCC(=O)N1CCN(c2cc(Cl)nc(-n3ccnc3)n2)C(CC(=O)NC(C)c2ccc(OC)c(Cl)c2)C1. The summed E-state index contributed by atoms with van der Waals surface area (Å²) in [5.41, 5.74) is 0.856. The van der Waals surface area contributed by atoms with Crippen molar-refractivity contribution < 1.29 is 14.3 Å². The predicted octanol–water partition coefficient (Wildman–Crippen LogP) is 3.67. The number of amides is 2. The minimum absolute atomic E-state index is 0.0473. The summed E-state index contributed by atoms with van der Waals surface area (Å²) in [6, 6.07) is 6.51. The van der Waals surface area contributed by atoms with Gasteiger partial charge >= 0.3 is 0 Å². The summed E-state index contributed by atoms with van der Waals surface area (Å²) in [4.78, 5) is 42.5. The van der Waals surface area contributed by atoms with Gasteiger partial charge in [0.2, 0.25) is 17.8 Å². The molecule has 1 aliphatic rings. The van der Waals surface area contributed by atoms with Crippen LogP contribution < -0.4 is 15.0 Å². The van der Waals surface area contributed by atoms with Crippen molar-refractivity contribution in [2.24, 2.45) is 0 Å². The van der Waals surface area contributed by atoms with Crippen molar-refractivity contribution in [3.05, 3.63) is 58.7 Å². The number of hydrogen-bond donors (Lipinski definition) is 1. The molecule has 37 heavy (non-hydrogen) atoms. The van der Waals surface area contributed by atoms with E-state index in [-0.39, 0.29) is 35.5 Å². The number of nitrogens with zero attached hydrogens (tertiary/aromatic N) is 6. The summed E-state index contributed by atoms with van der Waals surface area (Å²) < 4.78 is 6.87. The molecule has 0 radical (unpaired) electrons. The van der Waals surface area contributed by atoms with Crippen molar-refractivity contribution in [2.45, 2.75) is 38.8 Å². The maximum absolute atomic E-state index is 13.2. The van der Waals surface area contributed by atoms with Crippen molar-refractivity contribution in [3.63, 3.8) is 0 Å². The minimum atomic E-state index is -0.308. The maximum atomic E-state index is 13.2. The van der Waals surface area contributed by atoms with Gasteiger partial charge in [-0.3, -0.25) is 14.2 Å². The molecule has 4 rings (SSSR count). The van der Waals surface area contributed by atoms with Crippen LogP contribution in [0, 0.1) is 0 Å². The van der Waals surface area contributed by atoms with Gasteiger partial charge in [-0.2, -0.15) is 4.98 Å². The van der Waals surface area contributed by atoms with E-state index < -0.39 is 0 Å². The Morgan fingerprint density at radius 3 is 2.70 bits per heavy atom. The molecule has 0 spiro atoms. The molecule has 0 bridgehead atoms. The lowest BCUT2D eigenvalue weighted by Crippen LogP contribution is -2.56. The molecule has 2 unspecified atom stereocenters. The summed E-state index contributed by atoms with van der Waals surface area (Å²) >= 11 is 12.6. The van der Waals surface area contributed by atoms with E-state index in [1.54, 1.807) is 53.5 Å². The summed E-state index contributed by atoms with van der Waals surface area (Å²) in [5.74, 6) is 1.42. The fraction of sp³-hybridized carbons (Fsp3) is 0.400. The van der Waals surface area contributed by atoms with Crippen LogP contribution in [0.2, 0.25) is 10.2 Å². The molecule has 1 N–H and O–H groups in total. The molecule has 0 saturated carbocycles. The predicted molar refractivity (Wildman–Crippen MR) is 141 cm³/mol. The number of rotatable bonds is 8. The maximum Gasteiger partial charge on any atom is 0.238 e. The molecule has 1 aliphatic heterocycles. The largest absolute Gasteiger partial charge is 0.495 e. The van der Waals surface area contributed by atoms with E-state index in [9.17, 15) is 9.59 Å². The van der Waals surface area contributed by atoms with E-state index >= 15 is 0 Å².